The Bertz CT molecular complexity index is 851. The van der Waals surface area contributed by atoms with Crippen molar-refractivity contribution in [3.8, 4) is 0 Å². The minimum Gasteiger partial charge on any atom is -0.370 e. The van der Waals surface area contributed by atoms with E-state index >= 15 is 0 Å². The average Bonchev–Trinajstić information content (AvgIpc) is 2.66. The first-order chi connectivity index (χ1) is 13.7. The fourth-order valence-electron chi connectivity index (χ4n) is 3.72. The zero-order chi connectivity index (χ0) is 21.6. The molecule has 1 fully saturated rings. The molecule has 0 aliphatic carbocycles. The number of sulfone groups is 1. The molecule has 162 valence electrons. The number of rotatable bonds is 7. The van der Waals surface area contributed by atoms with Crippen molar-refractivity contribution in [3.63, 3.8) is 0 Å². The van der Waals surface area contributed by atoms with Crippen LogP contribution in [0.2, 0.25) is 0 Å². The molecule has 8 heteroatoms. The monoisotopic (exact) mass is 422 g/mol. The van der Waals surface area contributed by atoms with Gasteiger partial charge >= 0.3 is 0 Å². The van der Waals surface area contributed by atoms with Crippen molar-refractivity contribution in [2.75, 3.05) is 25.9 Å². The summed E-state index contributed by atoms with van der Waals surface area (Å²) in [5, 5.41) is 3.33. The molecule has 0 aromatic heterocycles. The molecule has 1 aliphatic heterocycles. The maximum absolute atomic E-state index is 12.9. The van der Waals surface area contributed by atoms with Gasteiger partial charge in [-0.2, -0.15) is 0 Å². The van der Waals surface area contributed by atoms with E-state index in [2.05, 4.69) is 15.2 Å². The van der Waals surface area contributed by atoms with Crippen LogP contribution in [0.25, 0.3) is 0 Å². The fourth-order valence-corrected chi connectivity index (χ4v) is 5.39. The van der Waals surface area contributed by atoms with Crippen LogP contribution in [0.4, 0.5) is 0 Å². The van der Waals surface area contributed by atoms with Gasteiger partial charge in [0.2, 0.25) is 5.91 Å². The predicted molar refractivity (Wildman–Crippen MR) is 117 cm³/mol. The summed E-state index contributed by atoms with van der Waals surface area (Å²) in [5.41, 5.74) is 7.40. The van der Waals surface area contributed by atoms with E-state index < -0.39 is 9.84 Å². The van der Waals surface area contributed by atoms with E-state index in [4.69, 9.17) is 5.73 Å². The Balaban J connectivity index is 2.08. The molecule has 2 unspecified atom stereocenters. The molecule has 1 saturated heterocycles. The van der Waals surface area contributed by atoms with Crippen LogP contribution < -0.4 is 11.1 Å². The van der Waals surface area contributed by atoms with Crippen molar-refractivity contribution in [2.24, 2.45) is 16.6 Å². The van der Waals surface area contributed by atoms with Crippen LogP contribution in [0.1, 0.15) is 43.7 Å². The summed E-state index contributed by atoms with van der Waals surface area (Å²) >= 11 is 0. The maximum Gasteiger partial charge on any atom is 0.217 e. The Morgan fingerprint density at radius 2 is 2.07 bits per heavy atom. The van der Waals surface area contributed by atoms with Crippen molar-refractivity contribution in [3.05, 3.63) is 29.3 Å². The Morgan fingerprint density at radius 3 is 2.66 bits per heavy atom. The molecule has 3 N–H and O–H groups in total. The second-order valence-electron chi connectivity index (χ2n) is 7.95. The van der Waals surface area contributed by atoms with Crippen molar-refractivity contribution >= 4 is 21.7 Å². The van der Waals surface area contributed by atoms with E-state index in [0.717, 1.165) is 30.5 Å². The molecule has 0 radical (unpaired) electrons. The number of aryl methyl sites for hydroxylation is 2. The van der Waals surface area contributed by atoms with E-state index in [-0.39, 0.29) is 23.6 Å². The van der Waals surface area contributed by atoms with Gasteiger partial charge in [-0.05, 0) is 62.3 Å². The molecule has 1 amide bonds. The van der Waals surface area contributed by atoms with Gasteiger partial charge in [-0.25, -0.2) is 8.42 Å². The Kier molecular flexibility index (Phi) is 8.07. The lowest BCUT2D eigenvalue weighted by Crippen LogP contribution is -2.51. The fraction of sp³-hybridized carbons (Fsp3) is 0.619. The van der Waals surface area contributed by atoms with Crippen molar-refractivity contribution in [1.82, 2.24) is 10.2 Å². The number of piperidine rings is 1. The van der Waals surface area contributed by atoms with Gasteiger partial charge in [-0.1, -0.05) is 13.0 Å². The van der Waals surface area contributed by atoms with E-state index in [1.165, 1.54) is 0 Å². The Labute approximate surface area is 174 Å². The number of carbonyl (C=O) groups is 1. The third kappa shape index (κ3) is 6.45. The van der Waals surface area contributed by atoms with Gasteiger partial charge in [-0.15, -0.1) is 0 Å². The molecule has 2 atom stereocenters. The normalized spacial score (nSPS) is 19.1. The third-order valence-electron chi connectivity index (χ3n) is 5.60. The Hall–Kier alpha value is -2.09. The summed E-state index contributed by atoms with van der Waals surface area (Å²) in [5.74, 6) is 0.606. The number of nitrogens with zero attached hydrogens (tertiary/aromatic N) is 2. The molecule has 7 nitrogen and oxygen atoms in total. The summed E-state index contributed by atoms with van der Waals surface area (Å²) < 4.78 is 25.9. The first-order valence-electron chi connectivity index (χ1n) is 10.2. The van der Waals surface area contributed by atoms with E-state index in [9.17, 15) is 13.2 Å². The molecule has 29 heavy (non-hydrogen) atoms. The topological polar surface area (TPSA) is 105 Å². The van der Waals surface area contributed by atoms with Gasteiger partial charge in [0.1, 0.15) is 0 Å². The largest absolute Gasteiger partial charge is 0.370 e. The number of likely N-dealkylation sites (tertiary alicyclic amines) is 1. The second-order valence-corrected chi connectivity index (χ2v) is 9.98. The maximum atomic E-state index is 12.9. The lowest BCUT2D eigenvalue weighted by Gasteiger charge is -2.36. The molecule has 1 aromatic carbocycles. The quantitative estimate of drug-likeness (QED) is 0.517. The van der Waals surface area contributed by atoms with Gasteiger partial charge in [0.05, 0.1) is 10.6 Å². The third-order valence-corrected chi connectivity index (χ3v) is 7.42. The molecule has 0 spiro atoms. The Morgan fingerprint density at radius 1 is 1.34 bits per heavy atom. The highest BCUT2D eigenvalue weighted by atomic mass is 32.2. The van der Waals surface area contributed by atoms with Crippen LogP contribution in [0.15, 0.2) is 28.1 Å². The summed E-state index contributed by atoms with van der Waals surface area (Å²) in [7, 11) is -1.72. The van der Waals surface area contributed by atoms with Crippen LogP contribution in [0.5, 0.6) is 0 Å². The van der Waals surface area contributed by atoms with Crippen LogP contribution in [-0.2, 0) is 14.6 Å². The number of primary amides is 1. The molecule has 1 aromatic rings. The highest BCUT2D eigenvalue weighted by molar-refractivity contribution is 7.91. The van der Waals surface area contributed by atoms with Gasteiger partial charge in [-0.3, -0.25) is 9.79 Å². The second kappa shape index (κ2) is 10.1. The SMILES string of the molecule is CCC(CS(=O)(=O)c1ccc(C)c(C)c1)NC(=NC)N1CCCC(CC(N)=O)C1. The highest BCUT2D eigenvalue weighted by Crippen LogP contribution is 2.20. The van der Waals surface area contributed by atoms with Gasteiger partial charge in [0.25, 0.3) is 0 Å². The number of hydrogen-bond acceptors (Lipinski definition) is 4. The van der Waals surface area contributed by atoms with E-state index in [0.29, 0.717) is 30.2 Å². The molecular weight excluding hydrogens is 388 g/mol. The molecule has 0 bridgehead atoms. The lowest BCUT2D eigenvalue weighted by molar-refractivity contribution is -0.119. The molecule has 1 aliphatic rings. The number of guanidine groups is 1. The first-order valence-corrected chi connectivity index (χ1v) is 11.9. The van der Waals surface area contributed by atoms with Crippen LogP contribution in [-0.4, -0.2) is 57.1 Å². The molecule has 0 saturated carbocycles. The molecular formula is C21H34N4O3S. The first kappa shape index (κ1) is 23.2. The summed E-state index contributed by atoms with van der Waals surface area (Å²) in [6.45, 7) is 7.38. The zero-order valence-corrected chi connectivity index (χ0v) is 18.8. The van der Waals surface area contributed by atoms with Gasteiger partial charge in [0, 0.05) is 32.6 Å². The number of aliphatic imine (C=N–C) groups is 1. The van der Waals surface area contributed by atoms with E-state index in [1.54, 1.807) is 19.2 Å². The summed E-state index contributed by atoms with van der Waals surface area (Å²) in [6.07, 6.45) is 2.94. The standard InChI is InChI=1S/C21H34N4O3S/c1-5-18(14-29(27,28)19-9-8-15(2)16(3)11-19)24-21(23-4)25-10-6-7-17(13-25)12-20(22)26/h8-9,11,17-18H,5-7,10,12-14H2,1-4H3,(H2,22,26)(H,23,24). The summed E-state index contributed by atoms with van der Waals surface area (Å²) in [4.78, 5) is 18.1. The molecule has 1 heterocycles. The number of hydrogen-bond donors (Lipinski definition) is 2. The molecule has 2 rings (SSSR count). The minimum atomic E-state index is -3.42. The number of amides is 1. The van der Waals surface area contributed by atoms with Crippen LogP contribution in [0, 0.1) is 19.8 Å². The summed E-state index contributed by atoms with van der Waals surface area (Å²) in [6, 6.07) is 5.02. The van der Waals surface area contributed by atoms with E-state index in [1.807, 2.05) is 26.8 Å². The number of benzene rings is 1. The number of nitrogens with two attached hydrogens (primary N) is 1. The van der Waals surface area contributed by atoms with Crippen LogP contribution >= 0.6 is 0 Å². The zero-order valence-electron chi connectivity index (χ0n) is 17.9. The lowest BCUT2D eigenvalue weighted by atomic mass is 9.95. The van der Waals surface area contributed by atoms with Crippen molar-refractivity contribution in [1.29, 1.82) is 0 Å². The predicted octanol–water partition coefficient (Wildman–Crippen LogP) is 2.02. The average molecular weight is 423 g/mol. The van der Waals surface area contributed by atoms with Gasteiger partial charge < -0.3 is 16.0 Å². The number of nitrogens with one attached hydrogen (secondary N) is 1. The highest BCUT2D eigenvalue weighted by Gasteiger charge is 2.26. The minimum absolute atomic E-state index is 0.00355. The van der Waals surface area contributed by atoms with Crippen LogP contribution in [0.3, 0.4) is 0 Å². The smallest absolute Gasteiger partial charge is 0.217 e. The van der Waals surface area contributed by atoms with Crippen molar-refractivity contribution in [2.45, 2.75) is 57.4 Å². The van der Waals surface area contributed by atoms with Gasteiger partial charge in [0.15, 0.2) is 15.8 Å². The van der Waals surface area contributed by atoms with Crippen molar-refractivity contribution < 1.29 is 13.2 Å². The number of carbonyl (C=O) groups excluding carboxylic acids is 1.